The second kappa shape index (κ2) is 17.6. The lowest BCUT2D eigenvalue weighted by molar-refractivity contribution is -0.134. The molecule has 0 spiro atoms. The van der Waals surface area contributed by atoms with Gasteiger partial charge in [0.2, 0.25) is 29.5 Å². The zero-order chi connectivity index (χ0) is 35.3. The molecule has 1 aromatic heterocycles. The number of fused-ring (bicyclic) bond motifs is 1. The smallest absolute Gasteiger partial charge is 0.243 e. The molecule has 0 aliphatic heterocycles. The maximum Gasteiger partial charge on any atom is 0.243 e. The van der Waals surface area contributed by atoms with Crippen LogP contribution in [0.25, 0.3) is 10.9 Å². The van der Waals surface area contributed by atoms with E-state index in [0.29, 0.717) is 6.42 Å². The van der Waals surface area contributed by atoms with Crippen LogP contribution in [0.1, 0.15) is 37.0 Å². The van der Waals surface area contributed by atoms with E-state index < -0.39 is 60.2 Å². The highest BCUT2D eigenvalue weighted by molar-refractivity contribution is 5.96. The van der Waals surface area contributed by atoms with Crippen molar-refractivity contribution in [2.75, 3.05) is 6.54 Å². The molecule has 12 nitrogen and oxygen atoms in total. The van der Waals surface area contributed by atoms with Gasteiger partial charge in [-0.1, -0.05) is 92.7 Å². The summed E-state index contributed by atoms with van der Waals surface area (Å²) >= 11 is 0. The van der Waals surface area contributed by atoms with Crippen LogP contribution in [0.4, 0.5) is 0 Å². The predicted molar refractivity (Wildman–Crippen MR) is 188 cm³/mol. The molecule has 4 atom stereocenters. The molecule has 5 amide bonds. The largest absolute Gasteiger partial charge is 0.368 e. The van der Waals surface area contributed by atoms with Crippen LogP contribution in [-0.2, 0) is 43.2 Å². The van der Waals surface area contributed by atoms with Gasteiger partial charge in [0.05, 0.1) is 12.6 Å². The summed E-state index contributed by atoms with van der Waals surface area (Å²) in [4.78, 5) is 69.1. The highest BCUT2D eigenvalue weighted by Gasteiger charge is 2.31. The molecule has 9 N–H and O–H groups in total. The first-order chi connectivity index (χ1) is 23.5. The molecule has 0 radical (unpaired) electrons. The van der Waals surface area contributed by atoms with E-state index in [0.717, 1.165) is 27.6 Å². The lowest BCUT2D eigenvalue weighted by atomic mass is 10.00. The van der Waals surface area contributed by atoms with E-state index in [4.69, 9.17) is 11.5 Å². The Bertz CT molecular complexity index is 1720. The van der Waals surface area contributed by atoms with Crippen LogP contribution in [0.3, 0.4) is 0 Å². The number of rotatable bonds is 17. The van der Waals surface area contributed by atoms with Gasteiger partial charge in [-0.05, 0) is 35.1 Å². The highest BCUT2D eigenvalue weighted by Crippen LogP contribution is 2.19. The molecule has 0 fully saturated rings. The van der Waals surface area contributed by atoms with Gasteiger partial charge >= 0.3 is 0 Å². The fourth-order valence-corrected chi connectivity index (χ4v) is 5.58. The third kappa shape index (κ3) is 11.0. The Kier molecular flexibility index (Phi) is 13.1. The van der Waals surface area contributed by atoms with Crippen LogP contribution in [0.15, 0.2) is 91.1 Å². The van der Waals surface area contributed by atoms with Crippen molar-refractivity contribution >= 4 is 40.4 Å². The molecular weight excluding hydrogens is 622 g/mol. The van der Waals surface area contributed by atoms with Gasteiger partial charge < -0.3 is 37.7 Å². The highest BCUT2D eigenvalue weighted by atomic mass is 16.2. The van der Waals surface area contributed by atoms with Gasteiger partial charge in [-0.25, -0.2) is 0 Å². The fraction of sp³-hybridized carbons (Fsp3) is 0.324. The topological polar surface area (TPSA) is 201 Å². The number of para-hydroxylation sites is 1. The van der Waals surface area contributed by atoms with Crippen LogP contribution < -0.4 is 32.7 Å². The number of carbonyl (C=O) groups is 5. The first-order valence-corrected chi connectivity index (χ1v) is 16.4. The van der Waals surface area contributed by atoms with E-state index >= 15 is 0 Å². The van der Waals surface area contributed by atoms with Gasteiger partial charge in [0.25, 0.3) is 0 Å². The number of nitrogens with two attached hydrogens (primary N) is 2. The van der Waals surface area contributed by atoms with Crippen molar-refractivity contribution in [3.05, 3.63) is 108 Å². The van der Waals surface area contributed by atoms with Gasteiger partial charge in [0.1, 0.15) is 18.1 Å². The van der Waals surface area contributed by atoms with Crippen LogP contribution in [0.2, 0.25) is 0 Å². The molecule has 4 rings (SSSR count). The number of hydrogen-bond donors (Lipinski definition) is 7. The summed E-state index contributed by atoms with van der Waals surface area (Å²) in [6, 6.07) is 21.7. The first kappa shape index (κ1) is 36.3. The number of hydrogen-bond acceptors (Lipinski definition) is 6. The quantitative estimate of drug-likeness (QED) is 0.0892. The molecule has 4 aromatic rings. The van der Waals surface area contributed by atoms with E-state index in [9.17, 15) is 24.0 Å². The molecule has 0 bridgehead atoms. The van der Waals surface area contributed by atoms with E-state index in [1.807, 2.05) is 98.8 Å². The summed E-state index contributed by atoms with van der Waals surface area (Å²) in [5, 5.41) is 11.8. The second-order valence-corrected chi connectivity index (χ2v) is 12.5. The lowest BCUT2D eigenvalue weighted by Gasteiger charge is -2.26. The molecule has 4 unspecified atom stereocenters. The van der Waals surface area contributed by atoms with E-state index in [-0.39, 0.29) is 25.2 Å². The van der Waals surface area contributed by atoms with Crippen molar-refractivity contribution in [1.29, 1.82) is 0 Å². The minimum atomic E-state index is -1.14. The number of nitrogens with one attached hydrogen (secondary N) is 5. The minimum absolute atomic E-state index is 0.0901. The SMILES string of the molecule is CC(C)CC(N)C(=O)NC(Cc1ccccc1)C(=O)NC(Cc1ccccc1)C(=O)NC(Cc1c[nH]c2ccccc12)C(=O)NCC(N)=O. The van der Waals surface area contributed by atoms with Crippen LogP contribution >= 0.6 is 0 Å². The van der Waals surface area contributed by atoms with Crippen molar-refractivity contribution in [1.82, 2.24) is 26.3 Å². The summed E-state index contributed by atoms with van der Waals surface area (Å²) in [6.07, 6.45) is 2.54. The Hall–Kier alpha value is -5.49. The molecule has 1 heterocycles. The Morgan fingerprint density at radius 2 is 1.14 bits per heavy atom. The standard InChI is InChI=1S/C37H45N7O5/c1-23(2)17-28(38)34(46)42-30(18-24-11-5-3-6-12-24)36(48)43-31(19-25-13-7-4-8-14-25)37(49)44-32(35(47)41-22-33(39)45)20-26-21-40-29-16-10-9-15-27(26)29/h3-16,21,23,28,30-32,40H,17-20,22,38H2,1-2H3,(H2,39,45)(H,41,47)(H,42,46)(H,43,48)(H,44,49). The molecule has 12 heteroatoms. The average Bonchev–Trinajstić information content (AvgIpc) is 3.49. The number of benzene rings is 3. The fourth-order valence-electron chi connectivity index (χ4n) is 5.58. The molecule has 49 heavy (non-hydrogen) atoms. The molecule has 3 aromatic carbocycles. The van der Waals surface area contributed by atoms with E-state index in [1.165, 1.54) is 0 Å². The Balaban J connectivity index is 1.60. The molecule has 0 aliphatic rings. The molecule has 258 valence electrons. The third-order valence-corrected chi connectivity index (χ3v) is 8.06. The van der Waals surface area contributed by atoms with Gasteiger partial charge in [-0.2, -0.15) is 0 Å². The number of primary amides is 1. The van der Waals surface area contributed by atoms with Crippen molar-refractivity contribution in [3.63, 3.8) is 0 Å². The summed E-state index contributed by atoms with van der Waals surface area (Å²) in [7, 11) is 0. The third-order valence-electron chi connectivity index (χ3n) is 8.06. The number of H-pyrrole nitrogens is 1. The number of aromatic nitrogens is 1. The first-order valence-electron chi connectivity index (χ1n) is 16.4. The number of amides is 5. The molecule has 0 aliphatic carbocycles. The lowest BCUT2D eigenvalue weighted by Crippen LogP contribution is -2.59. The van der Waals surface area contributed by atoms with Gasteiger partial charge in [0.15, 0.2) is 0 Å². The summed E-state index contributed by atoms with van der Waals surface area (Å²) in [5.74, 6) is -2.87. The normalized spacial score (nSPS) is 13.6. The zero-order valence-corrected chi connectivity index (χ0v) is 27.8. The zero-order valence-electron chi connectivity index (χ0n) is 27.8. The van der Waals surface area contributed by atoms with Crippen molar-refractivity contribution in [2.45, 2.75) is 63.7 Å². The minimum Gasteiger partial charge on any atom is -0.368 e. The Morgan fingerprint density at radius 1 is 0.653 bits per heavy atom. The van der Waals surface area contributed by atoms with Crippen LogP contribution in [-0.4, -0.2) is 65.2 Å². The maximum atomic E-state index is 14.0. The van der Waals surface area contributed by atoms with Gasteiger partial charge in [-0.3, -0.25) is 24.0 Å². The van der Waals surface area contributed by atoms with E-state index in [2.05, 4.69) is 26.3 Å². The van der Waals surface area contributed by atoms with Crippen molar-refractivity contribution < 1.29 is 24.0 Å². The average molecular weight is 668 g/mol. The van der Waals surface area contributed by atoms with E-state index in [1.54, 1.807) is 6.20 Å². The summed E-state index contributed by atoms with van der Waals surface area (Å²) < 4.78 is 0. The molecular formula is C37H45N7O5. The number of aromatic amines is 1. The van der Waals surface area contributed by atoms with Crippen LogP contribution in [0, 0.1) is 5.92 Å². The summed E-state index contributed by atoms with van der Waals surface area (Å²) in [6.45, 7) is 3.49. The maximum absolute atomic E-state index is 14.0. The molecule has 0 saturated heterocycles. The van der Waals surface area contributed by atoms with Crippen molar-refractivity contribution in [3.8, 4) is 0 Å². The number of carbonyl (C=O) groups excluding carboxylic acids is 5. The second-order valence-electron chi connectivity index (χ2n) is 12.5. The Morgan fingerprint density at radius 3 is 1.67 bits per heavy atom. The van der Waals surface area contributed by atoms with Crippen LogP contribution in [0.5, 0.6) is 0 Å². The summed E-state index contributed by atoms with van der Waals surface area (Å²) in [5.41, 5.74) is 14.6. The predicted octanol–water partition coefficient (Wildman–Crippen LogP) is 1.63. The monoisotopic (exact) mass is 667 g/mol. The van der Waals surface area contributed by atoms with Crippen molar-refractivity contribution in [2.24, 2.45) is 17.4 Å². The Labute approximate surface area is 285 Å². The van der Waals surface area contributed by atoms with Gasteiger partial charge in [-0.15, -0.1) is 0 Å². The molecule has 0 saturated carbocycles. The van der Waals surface area contributed by atoms with Gasteiger partial charge in [0, 0.05) is 36.4 Å².